The van der Waals surface area contributed by atoms with Crippen molar-refractivity contribution >= 4 is 11.3 Å². The van der Waals surface area contributed by atoms with Crippen molar-refractivity contribution in [1.82, 2.24) is 0 Å². The molecule has 0 saturated carbocycles. The van der Waals surface area contributed by atoms with Gasteiger partial charge in [0.15, 0.2) is 0 Å². The maximum Gasteiger partial charge on any atom is 0.118 e. The van der Waals surface area contributed by atoms with E-state index in [2.05, 4.69) is 25.3 Å². The lowest BCUT2D eigenvalue weighted by atomic mass is 10.2. The number of ether oxygens (including phenoxy) is 1. The Hall–Kier alpha value is -0.340. The summed E-state index contributed by atoms with van der Waals surface area (Å²) in [5.74, 6) is 0. The summed E-state index contributed by atoms with van der Waals surface area (Å²) in [5.41, 5.74) is 1.37. The molecule has 0 amide bonds. The summed E-state index contributed by atoms with van der Waals surface area (Å²) in [6, 6.07) is 2.15. The van der Waals surface area contributed by atoms with Gasteiger partial charge in [0, 0.05) is 4.88 Å². The molecule has 0 N–H and O–H groups in total. The van der Waals surface area contributed by atoms with E-state index in [4.69, 9.17) is 4.74 Å². The van der Waals surface area contributed by atoms with E-state index in [1.165, 1.54) is 10.4 Å². The molecule has 1 fully saturated rings. The van der Waals surface area contributed by atoms with Gasteiger partial charge in [0.2, 0.25) is 0 Å². The molecular weight excluding hydrogens is 144 g/mol. The Balaban J connectivity index is 2.26. The number of hydrogen-bond acceptors (Lipinski definition) is 2. The highest BCUT2D eigenvalue weighted by atomic mass is 32.1. The molecule has 2 rings (SSSR count). The minimum atomic E-state index is 0.417. The molecule has 2 atom stereocenters. The number of epoxide rings is 1. The Morgan fingerprint density at radius 1 is 1.60 bits per heavy atom. The van der Waals surface area contributed by atoms with E-state index in [0.29, 0.717) is 12.2 Å². The zero-order valence-electron chi connectivity index (χ0n) is 6.13. The third kappa shape index (κ3) is 0.879. The van der Waals surface area contributed by atoms with E-state index in [-0.39, 0.29) is 0 Å². The van der Waals surface area contributed by atoms with Crippen LogP contribution in [0.2, 0.25) is 0 Å². The van der Waals surface area contributed by atoms with Gasteiger partial charge in [-0.1, -0.05) is 0 Å². The molecule has 2 heteroatoms. The van der Waals surface area contributed by atoms with E-state index in [0.717, 1.165) is 0 Å². The van der Waals surface area contributed by atoms with Crippen LogP contribution in [0.25, 0.3) is 0 Å². The fourth-order valence-electron chi connectivity index (χ4n) is 1.14. The van der Waals surface area contributed by atoms with Crippen molar-refractivity contribution in [3.63, 3.8) is 0 Å². The molecule has 1 aliphatic rings. The minimum absolute atomic E-state index is 0.417. The third-order valence-corrected chi connectivity index (χ3v) is 2.95. The predicted octanol–water partition coefficient (Wildman–Crippen LogP) is 2.52. The van der Waals surface area contributed by atoms with Gasteiger partial charge >= 0.3 is 0 Å². The van der Waals surface area contributed by atoms with Crippen LogP contribution in [0, 0.1) is 6.92 Å². The fraction of sp³-hybridized carbons (Fsp3) is 0.500. The van der Waals surface area contributed by atoms with Crippen molar-refractivity contribution in [1.29, 1.82) is 0 Å². The van der Waals surface area contributed by atoms with Crippen LogP contribution >= 0.6 is 11.3 Å². The first-order chi connectivity index (χ1) is 4.79. The van der Waals surface area contributed by atoms with Gasteiger partial charge < -0.3 is 4.74 Å². The summed E-state index contributed by atoms with van der Waals surface area (Å²) in [6.07, 6.45) is 0.873. The number of aryl methyl sites for hydroxylation is 1. The molecule has 0 aromatic carbocycles. The van der Waals surface area contributed by atoms with E-state index >= 15 is 0 Å². The highest BCUT2D eigenvalue weighted by Gasteiger charge is 2.37. The Morgan fingerprint density at radius 2 is 2.30 bits per heavy atom. The smallest absolute Gasteiger partial charge is 0.118 e. The van der Waals surface area contributed by atoms with Crippen molar-refractivity contribution in [3.05, 3.63) is 21.9 Å². The third-order valence-electron chi connectivity index (χ3n) is 1.87. The van der Waals surface area contributed by atoms with Gasteiger partial charge in [0.25, 0.3) is 0 Å². The lowest BCUT2D eigenvalue weighted by Crippen LogP contribution is -1.79. The summed E-state index contributed by atoms with van der Waals surface area (Å²) in [6.45, 7) is 4.25. The van der Waals surface area contributed by atoms with Gasteiger partial charge in [-0.25, -0.2) is 0 Å². The lowest BCUT2D eigenvalue weighted by Gasteiger charge is -1.89. The van der Waals surface area contributed by atoms with E-state index in [9.17, 15) is 0 Å². The van der Waals surface area contributed by atoms with Crippen LogP contribution in [0.5, 0.6) is 0 Å². The SMILES string of the molecule is Cc1ccsc1C1OC1C. The molecule has 0 aliphatic carbocycles. The van der Waals surface area contributed by atoms with Crippen molar-refractivity contribution in [2.45, 2.75) is 26.1 Å². The van der Waals surface area contributed by atoms with Gasteiger partial charge in [-0.15, -0.1) is 11.3 Å². The quantitative estimate of drug-likeness (QED) is 0.566. The largest absolute Gasteiger partial charge is 0.364 e. The zero-order chi connectivity index (χ0) is 7.14. The molecule has 0 bridgehead atoms. The molecule has 2 unspecified atom stereocenters. The Labute approximate surface area is 64.6 Å². The van der Waals surface area contributed by atoms with E-state index < -0.39 is 0 Å². The average molecular weight is 154 g/mol. The van der Waals surface area contributed by atoms with Crippen molar-refractivity contribution < 1.29 is 4.74 Å². The topological polar surface area (TPSA) is 12.5 Å². The van der Waals surface area contributed by atoms with Crippen LogP contribution < -0.4 is 0 Å². The second kappa shape index (κ2) is 2.07. The molecule has 0 radical (unpaired) electrons. The van der Waals surface area contributed by atoms with Crippen LogP contribution in [-0.4, -0.2) is 6.10 Å². The molecule has 1 saturated heterocycles. The summed E-state index contributed by atoms with van der Waals surface area (Å²) < 4.78 is 5.35. The normalized spacial score (nSPS) is 30.6. The van der Waals surface area contributed by atoms with E-state index in [1.54, 1.807) is 11.3 Å². The summed E-state index contributed by atoms with van der Waals surface area (Å²) >= 11 is 1.80. The van der Waals surface area contributed by atoms with Crippen molar-refractivity contribution in [2.24, 2.45) is 0 Å². The molecule has 1 aromatic rings. The molecule has 10 heavy (non-hydrogen) atoms. The van der Waals surface area contributed by atoms with E-state index in [1.807, 2.05) is 0 Å². The standard InChI is InChI=1S/C8H10OS/c1-5-3-4-10-8(5)7-6(2)9-7/h3-4,6-7H,1-2H3. The number of thiophene rings is 1. The van der Waals surface area contributed by atoms with Gasteiger partial charge in [0.05, 0.1) is 6.10 Å². The maximum atomic E-state index is 5.35. The second-order valence-electron chi connectivity index (χ2n) is 2.73. The predicted molar refractivity (Wildman–Crippen MR) is 42.3 cm³/mol. The van der Waals surface area contributed by atoms with Gasteiger partial charge in [-0.2, -0.15) is 0 Å². The summed E-state index contributed by atoms with van der Waals surface area (Å²) in [7, 11) is 0. The Bertz CT molecular complexity index is 241. The summed E-state index contributed by atoms with van der Waals surface area (Å²) in [5, 5.41) is 2.12. The molecule has 0 spiro atoms. The summed E-state index contributed by atoms with van der Waals surface area (Å²) in [4.78, 5) is 1.41. The molecule has 2 heterocycles. The van der Waals surface area contributed by atoms with Gasteiger partial charge in [0.1, 0.15) is 6.10 Å². The molecule has 1 aromatic heterocycles. The minimum Gasteiger partial charge on any atom is -0.364 e. The Morgan fingerprint density at radius 3 is 2.70 bits per heavy atom. The highest BCUT2D eigenvalue weighted by Crippen LogP contribution is 2.42. The highest BCUT2D eigenvalue weighted by molar-refractivity contribution is 7.10. The van der Waals surface area contributed by atoms with Crippen LogP contribution in [0.3, 0.4) is 0 Å². The average Bonchev–Trinajstić information content (AvgIpc) is 2.42. The van der Waals surface area contributed by atoms with Crippen molar-refractivity contribution in [3.8, 4) is 0 Å². The van der Waals surface area contributed by atoms with Gasteiger partial charge in [-0.05, 0) is 30.9 Å². The molecule has 1 nitrogen and oxygen atoms in total. The van der Waals surface area contributed by atoms with Crippen LogP contribution in [0.1, 0.15) is 23.5 Å². The Kier molecular flexibility index (Phi) is 1.32. The number of rotatable bonds is 1. The lowest BCUT2D eigenvalue weighted by molar-refractivity contribution is 0.384. The molecular formula is C8H10OS. The second-order valence-corrected chi connectivity index (χ2v) is 3.68. The fourth-order valence-corrected chi connectivity index (χ4v) is 2.19. The molecule has 54 valence electrons. The first-order valence-electron chi connectivity index (χ1n) is 3.48. The van der Waals surface area contributed by atoms with Crippen LogP contribution in [0.15, 0.2) is 11.4 Å². The first kappa shape index (κ1) is 6.38. The van der Waals surface area contributed by atoms with Crippen LogP contribution in [-0.2, 0) is 4.74 Å². The number of hydrogen-bond donors (Lipinski definition) is 0. The van der Waals surface area contributed by atoms with Gasteiger partial charge in [-0.3, -0.25) is 0 Å². The first-order valence-corrected chi connectivity index (χ1v) is 4.36. The monoisotopic (exact) mass is 154 g/mol. The van der Waals surface area contributed by atoms with Crippen LogP contribution in [0.4, 0.5) is 0 Å². The van der Waals surface area contributed by atoms with Crippen molar-refractivity contribution in [2.75, 3.05) is 0 Å². The molecule has 1 aliphatic heterocycles. The zero-order valence-corrected chi connectivity index (χ0v) is 6.94. The maximum absolute atomic E-state index is 5.35.